The van der Waals surface area contributed by atoms with Gasteiger partial charge in [0.15, 0.2) is 0 Å². The van der Waals surface area contributed by atoms with Gasteiger partial charge in [-0.05, 0) is 12.1 Å². The Morgan fingerprint density at radius 3 is 2.76 bits per heavy atom. The molecule has 8 nitrogen and oxygen atoms in total. The van der Waals surface area contributed by atoms with Crippen LogP contribution in [0.15, 0.2) is 30.5 Å². The fourth-order valence-corrected chi connectivity index (χ4v) is 1.99. The third-order valence-electron chi connectivity index (χ3n) is 3.09. The van der Waals surface area contributed by atoms with Gasteiger partial charge in [-0.25, -0.2) is 0 Å². The van der Waals surface area contributed by atoms with Crippen LogP contribution in [0, 0.1) is 10.1 Å². The molecule has 0 aliphatic heterocycles. The fourth-order valence-electron chi connectivity index (χ4n) is 1.99. The second-order valence-electron chi connectivity index (χ2n) is 4.34. The number of nitro benzene ring substituents is 1. The van der Waals surface area contributed by atoms with Gasteiger partial charge in [-0.15, -0.1) is 0 Å². The minimum atomic E-state index is -0.524. The molecule has 110 valence electrons. The lowest BCUT2D eigenvalue weighted by Crippen LogP contribution is -2.25. The molecule has 8 heteroatoms. The molecule has 0 aliphatic carbocycles. The topological polar surface area (TPSA) is 102 Å². The van der Waals surface area contributed by atoms with Gasteiger partial charge in [-0.1, -0.05) is 6.07 Å². The van der Waals surface area contributed by atoms with E-state index >= 15 is 0 Å². The van der Waals surface area contributed by atoms with E-state index < -0.39 is 4.92 Å². The van der Waals surface area contributed by atoms with E-state index in [0.29, 0.717) is 6.54 Å². The van der Waals surface area contributed by atoms with Crippen LogP contribution >= 0.6 is 0 Å². The molecule has 1 aromatic heterocycles. The molecule has 0 radical (unpaired) electrons. The molecule has 0 spiro atoms. The standard InChI is InChI=1S/C13H15N5O3/c1-14-12-10(4-3-5-11(12)18(20)21)13(19)15-8-9-6-7-16-17(9)2/h3-7,14H,8H2,1-2H3,(H,15,19). The van der Waals surface area contributed by atoms with Gasteiger partial charge in [0, 0.05) is 26.4 Å². The highest BCUT2D eigenvalue weighted by Gasteiger charge is 2.20. The van der Waals surface area contributed by atoms with E-state index in [1.165, 1.54) is 18.2 Å². The van der Waals surface area contributed by atoms with Crippen LogP contribution in [-0.4, -0.2) is 27.7 Å². The highest BCUT2D eigenvalue weighted by atomic mass is 16.6. The summed E-state index contributed by atoms with van der Waals surface area (Å²) in [6.07, 6.45) is 1.63. The number of para-hydroxylation sites is 1. The summed E-state index contributed by atoms with van der Waals surface area (Å²) in [6.45, 7) is 0.293. The minimum Gasteiger partial charge on any atom is -0.382 e. The molecule has 1 heterocycles. The highest BCUT2D eigenvalue weighted by molar-refractivity contribution is 6.01. The molecule has 0 fully saturated rings. The molecule has 2 N–H and O–H groups in total. The molecule has 1 aromatic carbocycles. The number of hydrogen-bond acceptors (Lipinski definition) is 5. The molecular weight excluding hydrogens is 274 g/mol. The van der Waals surface area contributed by atoms with E-state index in [9.17, 15) is 14.9 Å². The predicted octanol–water partition coefficient (Wildman–Crippen LogP) is 1.30. The van der Waals surface area contributed by atoms with Gasteiger partial charge in [0.05, 0.1) is 22.7 Å². The molecule has 0 bridgehead atoms. The van der Waals surface area contributed by atoms with Gasteiger partial charge in [-0.2, -0.15) is 5.10 Å². The molecule has 1 amide bonds. The van der Waals surface area contributed by atoms with Gasteiger partial charge in [0.2, 0.25) is 0 Å². The Kier molecular flexibility index (Phi) is 4.17. The number of anilines is 1. The quantitative estimate of drug-likeness (QED) is 0.638. The number of nitrogens with zero attached hydrogens (tertiary/aromatic N) is 3. The maximum atomic E-state index is 12.2. The number of benzene rings is 1. The van der Waals surface area contributed by atoms with Crippen LogP contribution in [0.5, 0.6) is 0 Å². The smallest absolute Gasteiger partial charge is 0.293 e. The maximum Gasteiger partial charge on any atom is 0.293 e. The minimum absolute atomic E-state index is 0.134. The fraction of sp³-hybridized carbons (Fsp3) is 0.231. The maximum absolute atomic E-state index is 12.2. The summed E-state index contributed by atoms with van der Waals surface area (Å²) in [5.74, 6) is -0.385. The Morgan fingerprint density at radius 1 is 1.43 bits per heavy atom. The van der Waals surface area contributed by atoms with Crippen LogP contribution in [0.25, 0.3) is 0 Å². The lowest BCUT2D eigenvalue weighted by atomic mass is 10.1. The normalized spacial score (nSPS) is 10.2. The average molecular weight is 289 g/mol. The Hall–Kier alpha value is -2.90. The van der Waals surface area contributed by atoms with Gasteiger partial charge in [0.1, 0.15) is 5.69 Å². The molecule has 2 rings (SSSR count). The molecule has 0 aliphatic rings. The Labute approximate surface area is 120 Å². The zero-order valence-corrected chi connectivity index (χ0v) is 11.7. The van der Waals surface area contributed by atoms with Crippen molar-refractivity contribution < 1.29 is 9.72 Å². The Bertz CT molecular complexity index is 680. The SMILES string of the molecule is CNc1c(C(=O)NCc2ccnn2C)cccc1[N+](=O)[O-]. The number of nitro groups is 1. The summed E-state index contributed by atoms with van der Waals surface area (Å²) >= 11 is 0. The van der Waals surface area contributed by atoms with Crippen molar-refractivity contribution in [2.75, 3.05) is 12.4 Å². The summed E-state index contributed by atoms with van der Waals surface area (Å²) < 4.78 is 1.65. The van der Waals surface area contributed by atoms with E-state index in [-0.39, 0.29) is 22.8 Å². The number of aromatic nitrogens is 2. The van der Waals surface area contributed by atoms with Crippen LogP contribution in [0.3, 0.4) is 0 Å². The summed E-state index contributed by atoms with van der Waals surface area (Å²) in [7, 11) is 3.31. The van der Waals surface area contributed by atoms with Crippen molar-refractivity contribution in [2.45, 2.75) is 6.54 Å². The molecule has 0 atom stereocenters. The van der Waals surface area contributed by atoms with Gasteiger partial charge in [0.25, 0.3) is 11.6 Å². The van der Waals surface area contributed by atoms with E-state index in [2.05, 4.69) is 15.7 Å². The lowest BCUT2D eigenvalue weighted by Gasteiger charge is -2.10. The number of carbonyl (C=O) groups is 1. The van der Waals surface area contributed by atoms with Crippen molar-refractivity contribution >= 4 is 17.3 Å². The number of amides is 1. The van der Waals surface area contributed by atoms with Crippen molar-refractivity contribution in [3.8, 4) is 0 Å². The van der Waals surface area contributed by atoms with E-state index in [0.717, 1.165) is 5.69 Å². The van der Waals surface area contributed by atoms with Crippen molar-refractivity contribution in [3.63, 3.8) is 0 Å². The number of rotatable bonds is 5. The number of hydrogen-bond donors (Lipinski definition) is 2. The van der Waals surface area contributed by atoms with Gasteiger partial charge in [-0.3, -0.25) is 19.6 Å². The molecule has 2 aromatic rings. The lowest BCUT2D eigenvalue weighted by molar-refractivity contribution is -0.384. The van der Waals surface area contributed by atoms with E-state index in [4.69, 9.17) is 0 Å². The zero-order valence-electron chi connectivity index (χ0n) is 11.7. The van der Waals surface area contributed by atoms with Crippen molar-refractivity contribution in [2.24, 2.45) is 7.05 Å². The Morgan fingerprint density at radius 2 is 2.19 bits per heavy atom. The van der Waals surface area contributed by atoms with Crippen LogP contribution in [0.2, 0.25) is 0 Å². The van der Waals surface area contributed by atoms with Crippen molar-refractivity contribution in [1.82, 2.24) is 15.1 Å². The van der Waals surface area contributed by atoms with Crippen molar-refractivity contribution in [3.05, 3.63) is 51.8 Å². The Balaban J connectivity index is 2.21. The second-order valence-corrected chi connectivity index (χ2v) is 4.34. The third kappa shape index (κ3) is 2.99. The monoisotopic (exact) mass is 289 g/mol. The number of carbonyl (C=O) groups excluding carboxylic acids is 1. The average Bonchev–Trinajstić information content (AvgIpc) is 2.89. The summed E-state index contributed by atoms with van der Waals surface area (Å²) in [5, 5.41) is 20.4. The van der Waals surface area contributed by atoms with Crippen LogP contribution in [0.1, 0.15) is 16.1 Å². The van der Waals surface area contributed by atoms with Gasteiger partial charge < -0.3 is 10.6 Å². The van der Waals surface area contributed by atoms with Crippen LogP contribution in [-0.2, 0) is 13.6 Å². The molecule has 0 saturated heterocycles. The predicted molar refractivity (Wildman–Crippen MR) is 77.0 cm³/mol. The summed E-state index contributed by atoms with van der Waals surface area (Å²) in [5.41, 5.74) is 1.13. The van der Waals surface area contributed by atoms with Crippen LogP contribution < -0.4 is 10.6 Å². The first-order chi connectivity index (χ1) is 10.0. The molecule has 0 saturated carbocycles. The molecule has 21 heavy (non-hydrogen) atoms. The largest absolute Gasteiger partial charge is 0.382 e. The van der Waals surface area contributed by atoms with E-state index in [1.54, 1.807) is 31.0 Å². The van der Waals surface area contributed by atoms with Crippen LogP contribution in [0.4, 0.5) is 11.4 Å². The van der Waals surface area contributed by atoms with E-state index in [1.807, 2.05) is 0 Å². The summed E-state index contributed by atoms with van der Waals surface area (Å²) in [6, 6.07) is 6.16. The first kappa shape index (κ1) is 14.5. The third-order valence-corrected chi connectivity index (χ3v) is 3.09. The zero-order chi connectivity index (χ0) is 15.4. The summed E-state index contributed by atoms with van der Waals surface area (Å²) in [4.78, 5) is 22.6. The number of aryl methyl sites for hydroxylation is 1. The molecule has 0 unspecified atom stereocenters. The second kappa shape index (κ2) is 6.04. The van der Waals surface area contributed by atoms with Gasteiger partial charge >= 0.3 is 0 Å². The van der Waals surface area contributed by atoms with Crippen molar-refractivity contribution in [1.29, 1.82) is 0 Å². The first-order valence-electron chi connectivity index (χ1n) is 6.25. The first-order valence-corrected chi connectivity index (χ1v) is 6.25. The number of nitrogens with one attached hydrogen (secondary N) is 2. The molecular formula is C13H15N5O3. The highest BCUT2D eigenvalue weighted by Crippen LogP contribution is 2.27.